The summed E-state index contributed by atoms with van der Waals surface area (Å²) in [6.45, 7) is 1.89. The highest BCUT2D eigenvalue weighted by molar-refractivity contribution is 5.83. The van der Waals surface area contributed by atoms with E-state index in [1.165, 1.54) is 22.0 Å². The van der Waals surface area contributed by atoms with E-state index in [1.807, 2.05) is 4.68 Å². The number of fused-ring (bicyclic) bond motifs is 1. The highest BCUT2D eigenvalue weighted by Crippen LogP contribution is 2.21. The second-order valence-electron chi connectivity index (χ2n) is 6.55. The van der Waals surface area contributed by atoms with Gasteiger partial charge in [-0.3, -0.25) is 0 Å². The zero-order valence-corrected chi connectivity index (χ0v) is 14.0. The molecular formula is C16H22ClN5. The molecule has 0 bridgehead atoms. The van der Waals surface area contributed by atoms with Crippen molar-refractivity contribution in [2.75, 3.05) is 27.7 Å². The molecule has 0 spiro atoms. The van der Waals surface area contributed by atoms with Gasteiger partial charge in [-0.2, -0.15) is 5.10 Å². The Morgan fingerprint density at radius 2 is 2.05 bits per heavy atom. The number of likely N-dealkylation sites (N-methyl/N-ethyl adjacent to an activating group) is 1. The van der Waals surface area contributed by atoms with Gasteiger partial charge in [0, 0.05) is 23.5 Å². The summed E-state index contributed by atoms with van der Waals surface area (Å²) in [4.78, 5) is 7.36. The van der Waals surface area contributed by atoms with Gasteiger partial charge >= 0.3 is 0 Å². The molecule has 0 fully saturated rings. The Labute approximate surface area is 137 Å². The van der Waals surface area contributed by atoms with Gasteiger partial charge in [0.15, 0.2) is 0 Å². The average molecular weight is 320 g/mol. The largest absolute Gasteiger partial charge is 1.00 e. The van der Waals surface area contributed by atoms with E-state index in [1.54, 1.807) is 12.7 Å². The summed E-state index contributed by atoms with van der Waals surface area (Å²) in [6, 6.07) is 6.56. The lowest BCUT2D eigenvalue weighted by molar-refractivity contribution is -0.870. The standard InChI is InChI=1S/C16H22N5.ClH/c1-21(2,3)7-6-14-9-18-16-5-4-13(8-15(14)16)10-20-12-17-11-19-20;/h4-5,8-9,11-12,18H,6-7,10H2,1-3H3;1H/q+1;/p-1. The van der Waals surface area contributed by atoms with Crippen molar-refractivity contribution in [3.05, 3.63) is 48.2 Å². The van der Waals surface area contributed by atoms with Gasteiger partial charge < -0.3 is 21.9 Å². The number of nitrogens with zero attached hydrogens (tertiary/aromatic N) is 4. The Morgan fingerprint density at radius 3 is 2.73 bits per heavy atom. The molecule has 2 heterocycles. The summed E-state index contributed by atoms with van der Waals surface area (Å²) in [5.41, 5.74) is 3.84. The fraction of sp³-hybridized carbons (Fsp3) is 0.375. The van der Waals surface area contributed by atoms with Crippen molar-refractivity contribution in [3.8, 4) is 0 Å². The fourth-order valence-corrected chi connectivity index (χ4v) is 2.49. The molecule has 0 radical (unpaired) electrons. The van der Waals surface area contributed by atoms with Gasteiger partial charge in [0.2, 0.25) is 0 Å². The first-order valence-electron chi connectivity index (χ1n) is 7.23. The molecule has 2 aromatic heterocycles. The molecule has 0 unspecified atom stereocenters. The van der Waals surface area contributed by atoms with Crippen LogP contribution in [0, 0.1) is 0 Å². The van der Waals surface area contributed by atoms with Gasteiger partial charge in [0.25, 0.3) is 0 Å². The minimum Gasteiger partial charge on any atom is -1.00 e. The maximum absolute atomic E-state index is 4.17. The van der Waals surface area contributed by atoms with Gasteiger partial charge in [0.1, 0.15) is 12.7 Å². The van der Waals surface area contributed by atoms with Crippen LogP contribution >= 0.6 is 0 Å². The number of rotatable bonds is 5. The first kappa shape index (κ1) is 16.5. The number of nitrogens with one attached hydrogen (secondary N) is 1. The average Bonchev–Trinajstić information content (AvgIpc) is 3.05. The van der Waals surface area contributed by atoms with Crippen molar-refractivity contribution in [3.63, 3.8) is 0 Å². The Bertz CT molecular complexity index is 725. The molecule has 5 nitrogen and oxygen atoms in total. The van der Waals surface area contributed by atoms with Gasteiger partial charge in [-0.15, -0.1) is 0 Å². The Balaban J connectivity index is 0.00000176. The minimum atomic E-state index is 0. The van der Waals surface area contributed by atoms with Crippen LogP contribution in [0.1, 0.15) is 11.1 Å². The van der Waals surface area contributed by atoms with E-state index in [-0.39, 0.29) is 12.4 Å². The first-order valence-corrected chi connectivity index (χ1v) is 7.23. The third-order valence-electron chi connectivity index (χ3n) is 3.69. The SMILES string of the molecule is C[N+](C)(C)CCc1c[nH]c2ccc(Cn3cncn3)cc12.[Cl-]. The summed E-state index contributed by atoms with van der Waals surface area (Å²) in [6.07, 6.45) is 6.54. The van der Waals surface area contributed by atoms with Crippen LogP contribution < -0.4 is 12.4 Å². The highest BCUT2D eigenvalue weighted by Gasteiger charge is 2.11. The van der Waals surface area contributed by atoms with Crippen LogP contribution in [0.4, 0.5) is 0 Å². The molecule has 0 aliphatic carbocycles. The third-order valence-corrected chi connectivity index (χ3v) is 3.69. The van der Waals surface area contributed by atoms with Crippen molar-refractivity contribution in [1.82, 2.24) is 19.7 Å². The summed E-state index contributed by atoms with van der Waals surface area (Å²) < 4.78 is 2.82. The van der Waals surface area contributed by atoms with Crippen LogP contribution in [0.5, 0.6) is 0 Å². The van der Waals surface area contributed by atoms with Crippen LogP contribution in [0.15, 0.2) is 37.1 Å². The van der Waals surface area contributed by atoms with Gasteiger partial charge in [0.05, 0.1) is 34.2 Å². The number of aromatic nitrogens is 4. The molecule has 0 atom stereocenters. The van der Waals surface area contributed by atoms with Gasteiger partial charge in [-0.05, 0) is 23.3 Å². The predicted octanol–water partition coefficient (Wildman–Crippen LogP) is -0.940. The maximum atomic E-state index is 4.17. The molecule has 0 saturated carbocycles. The lowest BCUT2D eigenvalue weighted by Crippen LogP contribution is -3.00. The van der Waals surface area contributed by atoms with E-state index in [0.717, 1.165) is 24.0 Å². The smallest absolute Gasteiger partial charge is 0.137 e. The monoisotopic (exact) mass is 319 g/mol. The number of aromatic amines is 1. The highest BCUT2D eigenvalue weighted by atomic mass is 35.5. The second kappa shape index (κ2) is 6.50. The second-order valence-corrected chi connectivity index (χ2v) is 6.55. The van der Waals surface area contributed by atoms with E-state index < -0.39 is 0 Å². The molecule has 3 rings (SSSR count). The van der Waals surface area contributed by atoms with Crippen LogP contribution in [-0.4, -0.2) is 51.9 Å². The van der Waals surface area contributed by atoms with Crippen molar-refractivity contribution in [2.45, 2.75) is 13.0 Å². The zero-order chi connectivity index (χ0) is 14.9. The third kappa shape index (κ3) is 3.87. The van der Waals surface area contributed by atoms with Gasteiger partial charge in [-0.1, -0.05) is 6.07 Å². The topological polar surface area (TPSA) is 46.5 Å². The van der Waals surface area contributed by atoms with Crippen molar-refractivity contribution in [1.29, 1.82) is 0 Å². The normalized spacial score (nSPS) is 11.6. The number of hydrogen-bond acceptors (Lipinski definition) is 2. The van der Waals surface area contributed by atoms with Crippen LogP contribution in [-0.2, 0) is 13.0 Å². The van der Waals surface area contributed by atoms with Crippen LogP contribution in [0.25, 0.3) is 10.9 Å². The Morgan fingerprint density at radius 1 is 1.23 bits per heavy atom. The van der Waals surface area contributed by atoms with E-state index in [0.29, 0.717) is 0 Å². The molecule has 1 N–H and O–H groups in total. The van der Waals surface area contributed by atoms with Crippen LogP contribution in [0.3, 0.4) is 0 Å². The molecule has 1 aromatic carbocycles. The van der Waals surface area contributed by atoms with E-state index in [9.17, 15) is 0 Å². The maximum Gasteiger partial charge on any atom is 0.137 e. The minimum absolute atomic E-state index is 0. The van der Waals surface area contributed by atoms with Crippen molar-refractivity contribution in [2.24, 2.45) is 0 Å². The summed E-state index contributed by atoms with van der Waals surface area (Å²) in [7, 11) is 6.68. The van der Waals surface area contributed by atoms with E-state index >= 15 is 0 Å². The molecule has 0 saturated heterocycles. The zero-order valence-electron chi connectivity index (χ0n) is 13.3. The van der Waals surface area contributed by atoms with Gasteiger partial charge in [-0.25, -0.2) is 9.67 Å². The van der Waals surface area contributed by atoms with Crippen LogP contribution in [0.2, 0.25) is 0 Å². The molecule has 3 aromatic rings. The molecule has 118 valence electrons. The molecule has 6 heteroatoms. The lowest BCUT2D eigenvalue weighted by Gasteiger charge is -2.23. The molecular weight excluding hydrogens is 298 g/mol. The predicted molar refractivity (Wildman–Crippen MR) is 84.0 cm³/mol. The van der Waals surface area contributed by atoms with E-state index in [4.69, 9.17) is 0 Å². The Kier molecular flexibility index (Phi) is 4.88. The number of H-pyrrole nitrogens is 1. The number of quaternary nitrogens is 1. The first-order chi connectivity index (χ1) is 10.0. The molecule has 0 amide bonds. The lowest BCUT2D eigenvalue weighted by atomic mass is 10.1. The summed E-state index contributed by atoms with van der Waals surface area (Å²) in [5, 5.41) is 5.49. The molecule has 0 aliphatic heterocycles. The fourth-order valence-electron chi connectivity index (χ4n) is 2.49. The molecule has 22 heavy (non-hydrogen) atoms. The number of benzene rings is 1. The van der Waals surface area contributed by atoms with E-state index in [2.05, 4.69) is 60.6 Å². The quantitative estimate of drug-likeness (QED) is 0.617. The van der Waals surface area contributed by atoms with Crippen molar-refractivity contribution >= 4 is 10.9 Å². The Hall–Kier alpha value is -1.85. The summed E-state index contributed by atoms with van der Waals surface area (Å²) >= 11 is 0. The number of halogens is 1. The summed E-state index contributed by atoms with van der Waals surface area (Å²) in [5.74, 6) is 0. The van der Waals surface area contributed by atoms with Crippen molar-refractivity contribution < 1.29 is 16.9 Å². The molecule has 0 aliphatic rings. The number of hydrogen-bond donors (Lipinski definition) is 1.